The second-order valence-electron chi connectivity index (χ2n) is 5.63. The maximum atomic E-state index is 12.1. The predicted octanol–water partition coefficient (Wildman–Crippen LogP) is 2.99. The van der Waals surface area contributed by atoms with Crippen molar-refractivity contribution in [2.75, 3.05) is 0 Å². The van der Waals surface area contributed by atoms with Gasteiger partial charge < -0.3 is 9.26 Å². The molecule has 0 radical (unpaired) electrons. The van der Waals surface area contributed by atoms with E-state index < -0.39 is 0 Å². The van der Waals surface area contributed by atoms with Crippen molar-refractivity contribution in [1.29, 1.82) is 0 Å². The summed E-state index contributed by atoms with van der Waals surface area (Å²) in [5, 5.41) is 8.47. The van der Waals surface area contributed by atoms with E-state index in [2.05, 4.69) is 20.2 Å². The van der Waals surface area contributed by atoms with Crippen LogP contribution in [0.25, 0.3) is 22.9 Å². The normalized spacial score (nSPS) is 10.7. The van der Waals surface area contributed by atoms with E-state index in [4.69, 9.17) is 9.26 Å². The Morgan fingerprint density at radius 1 is 1.04 bits per heavy atom. The van der Waals surface area contributed by atoms with Gasteiger partial charge in [0.15, 0.2) is 5.82 Å². The molecule has 0 saturated carbocycles. The van der Waals surface area contributed by atoms with Crippen LogP contribution in [0.5, 0.6) is 5.75 Å². The van der Waals surface area contributed by atoms with Crippen molar-refractivity contribution < 1.29 is 14.1 Å². The number of benzene rings is 1. The van der Waals surface area contributed by atoms with E-state index in [0.29, 0.717) is 35.2 Å². The number of nitrogens with zero attached hydrogens (tertiary/aromatic N) is 5. The van der Waals surface area contributed by atoms with Crippen LogP contribution in [0, 0.1) is 0 Å². The van der Waals surface area contributed by atoms with Crippen LogP contribution in [0.2, 0.25) is 0 Å². The average molecular weight is 361 g/mol. The minimum absolute atomic E-state index is 0.149. The summed E-state index contributed by atoms with van der Waals surface area (Å²) in [5.74, 6) is 0.659. The van der Waals surface area contributed by atoms with Gasteiger partial charge in [0, 0.05) is 18.5 Å². The summed E-state index contributed by atoms with van der Waals surface area (Å²) in [5.41, 5.74) is 1.91. The second-order valence-corrected chi connectivity index (χ2v) is 5.63. The van der Waals surface area contributed by atoms with Crippen molar-refractivity contribution in [3.05, 3.63) is 67.2 Å². The molecule has 4 aromatic rings. The summed E-state index contributed by atoms with van der Waals surface area (Å²) >= 11 is 0. The van der Waals surface area contributed by atoms with Crippen LogP contribution in [-0.4, -0.2) is 30.9 Å². The van der Waals surface area contributed by atoms with Crippen LogP contribution in [0.1, 0.15) is 6.42 Å². The lowest BCUT2D eigenvalue weighted by Crippen LogP contribution is -2.13. The number of esters is 1. The van der Waals surface area contributed by atoms with Crippen LogP contribution in [-0.2, 0) is 11.3 Å². The standard InChI is InChI=1S/C19H15N5O3/c25-18(27-14-5-2-1-3-6-14)7-11-24-17(15-8-12-26-23-15)13-16(22-24)19-20-9-4-10-21-19/h1-6,8-10,12-13H,7,11H2. The SMILES string of the molecule is O=C(CCn1nc(-c2ncccn2)cc1-c1ccon1)Oc1ccccc1. The number of hydrogen-bond donors (Lipinski definition) is 0. The summed E-state index contributed by atoms with van der Waals surface area (Å²) in [4.78, 5) is 20.6. The van der Waals surface area contributed by atoms with Crippen LogP contribution in [0.3, 0.4) is 0 Å². The molecular weight excluding hydrogens is 346 g/mol. The Morgan fingerprint density at radius 3 is 2.59 bits per heavy atom. The van der Waals surface area contributed by atoms with E-state index in [1.54, 1.807) is 41.3 Å². The van der Waals surface area contributed by atoms with Gasteiger partial charge in [-0.05, 0) is 24.3 Å². The van der Waals surface area contributed by atoms with Crippen LogP contribution >= 0.6 is 0 Å². The number of aromatic nitrogens is 5. The van der Waals surface area contributed by atoms with Crippen molar-refractivity contribution in [2.24, 2.45) is 0 Å². The molecule has 8 nitrogen and oxygen atoms in total. The predicted molar refractivity (Wildman–Crippen MR) is 95.4 cm³/mol. The lowest BCUT2D eigenvalue weighted by atomic mass is 10.2. The fraction of sp³-hybridized carbons (Fsp3) is 0.105. The van der Waals surface area contributed by atoms with E-state index in [1.807, 2.05) is 24.3 Å². The first-order valence-corrected chi connectivity index (χ1v) is 8.31. The third-order valence-electron chi connectivity index (χ3n) is 3.78. The Morgan fingerprint density at radius 2 is 1.85 bits per heavy atom. The van der Waals surface area contributed by atoms with Gasteiger partial charge in [0.1, 0.15) is 23.4 Å². The molecular formula is C19H15N5O3. The Hall–Kier alpha value is -3.81. The molecule has 0 unspecified atom stereocenters. The molecule has 134 valence electrons. The summed E-state index contributed by atoms with van der Waals surface area (Å²) in [6.07, 6.45) is 4.92. The van der Waals surface area contributed by atoms with Crippen molar-refractivity contribution in [3.63, 3.8) is 0 Å². The van der Waals surface area contributed by atoms with Gasteiger partial charge in [-0.1, -0.05) is 23.4 Å². The Labute approximate surface area is 154 Å². The molecule has 1 aromatic carbocycles. The van der Waals surface area contributed by atoms with Gasteiger partial charge in [-0.15, -0.1) is 0 Å². The smallest absolute Gasteiger partial charge is 0.313 e. The highest BCUT2D eigenvalue weighted by Crippen LogP contribution is 2.23. The summed E-state index contributed by atoms with van der Waals surface area (Å²) in [7, 11) is 0. The highest BCUT2D eigenvalue weighted by molar-refractivity contribution is 5.72. The molecule has 3 heterocycles. The maximum absolute atomic E-state index is 12.1. The van der Waals surface area contributed by atoms with Crippen LogP contribution in [0.4, 0.5) is 0 Å². The summed E-state index contributed by atoms with van der Waals surface area (Å²) in [6, 6.07) is 14.2. The minimum atomic E-state index is -0.347. The first kappa shape index (κ1) is 16.6. The molecule has 0 amide bonds. The van der Waals surface area contributed by atoms with Gasteiger partial charge in [-0.3, -0.25) is 9.48 Å². The van der Waals surface area contributed by atoms with Gasteiger partial charge in [0.25, 0.3) is 0 Å². The fourth-order valence-electron chi connectivity index (χ4n) is 2.55. The molecule has 4 rings (SSSR count). The highest BCUT2D eigenvalue weighted by atomic mass is 16.5. The minimum Gasteiger partial charge on any atom is -0.426 e. The summed E-state index contributed by atoms with van der Waals surface area (Å²) in [6.45, 7) is 0.320. The third-order valence-corrected chi connectivity index (χ3v) is 3.78. The van der Waals surface area contributed by atoms with Gasteiger partial charge in [0.05, 0.1) is 18.7 Å². The molecule has 0 aliphatic rings. The van der Waals surface area contributed by atoms with E-state index >= 15 is 0 Å². The van der Waals surface area contributed by atoms with Crippen molar-refractivity contribution in [2.45, 2.75) is 13.0 Å². The average Bonchev–Trinajstić information content (AvgIpc) is 3.37. The zero-order valence-corrected chi connectivity index (χ0v) is 14.2. The van der Waals surface area contributed by atoms with E-state index in [0.717, 1.165) is 0 Å². The molecule has 0 bridgehead atoms. The first-order chi connectivity index (χ1) is 13.3. The highest BCUT2D eigenvalue weighted by Gasteiger charge is 2.16. The molecule has 0 N–H and O–H groups in total. The lowest BCUT2D eigenvalue weighted by Gasteiger charge is -2.06. The quantitative estimate of drug-likeness (QED) is 0.385. The van der Waals surface area contributed by atoms with Gasteiger partial charge in [-0.2, -0.15) is 5.10 Å². The zero-order chi connectivity index (χ0) is 18.5. The van der Waals surface area contributed by atoms with Crippen molar-refractivity contribution in [1.82, 2.24) is 24.9 Å². The molecule has 0 atom stereocenters. The van der Waals surface area contributed by atoms with Gasteiger partial charge in [-0.25, -0.2) is 9.97 Å². The van der Waals surface area contributed by atoms with Gasteiger partial charge in [0.2, 0.25) is 0 Å². The molecule has 0 spiro atoms. The number of carbonyl (C=O) groups excluding carboxylic acids is 1. The largest absolute Gasteiger partial charge is 0.426 e. The number of ether oxygens (including phenoxy) is 1. The molecule has 0 aliphatic heterocycles. The monoisotopic (exact) mass is 361 g/mol. The molecule has 0 fully saturated rings. The second kappa shape index (κ2) is 7.61. The third kappa shape index (κ3) is 3.90. The van der Waals surface area contributed by atoms with Crippen molar-refractivity contribution in [3.8, 4) is 28.7 Å². The maximum Gasteiger partial charge on any atom is 0.313 e. The van der Waals surface area contributed by atoms with E-state index in [9.17, 15) is 4.79 Å². The topological polar surface area (TPSA) is 95.9 Å². The number of rotatable bonds is 6. The molecule has 27 heavy (non-hydrogen) atoms. The van der Waals surface area contributed by atoms with E-state index in [1.165, 1.54) is 6.26 Å². The Bertz CT molecular complexity index is 1010. The Balaban J connectivity index is 1.54. The van der Waals surface area contributed by atoms with Gasteiger partial charge >= 0.3 is 5.97 Å². The molecule has 0 saturated heterocycles. The summed E-state index contributed by atoms with van der Waals surface area (Å²) < 4.78 is 11.9. The number of para-hydroxylation sites is 1. The first-order valence-electron chi connectivity index (χ1n) is 8.31. The zero-order valence-electron chi connectivity index (χ0n) is 14.2. The fourth-order valence-corrected chi connectivity index (χ4v) is 2.55. The lowest BCUT2D eigenvalue weighted by molar-refractivity contribution is -0.134. The van der Waals surface area contributed by atoms with Crippen LogP contribution < -0.4 is 4.74 Å². The Kier molecular flexibility index (Phi) is 4.69. The number of aryl methyl sites for hydroxylation is 1. The number of carbonyl (C=O) groups is 1. The number of hydrogen-bond acceptors (Lipinski definition) is 7. The molecule has 0 aliphatic carbocycles. The van der Waals surface area contributed by atoms with E-state index in [-0.39, 0.29) is 12.4 Å². The molecule has 3 aromatic heterocycles. The van der Waals surface area contributed by atoms with Crippen LogP contribution in [0.15, 0.2) is 71.7 Å². The molecule has 8 heteroatoms. The van der Waals surface area contributed by atoms with Crippen molar-refractivity contribution >= 4 is 5.97 Å².